The van der Waals surface area contributed by atoms with Gasteiger partial charge in [0, 0.05) is 23.4 Å². The third-order valence-corrected chi connectivity index (χ3v) is 5.29. The smallest absolute Gasteiger partial charge is 0.269 e. The van der Waals surface area contributed by atoms with Crippen molar-refractivity contribution in [1.82, 2.24) is 9.78 Å². The van der Waals surface area contributed by atoms with E-state index in [0.717, 1.165) is 16.8 Å². The average molecular weight is 419 g/mol. The molecule has 4 rings (SSSR count). The minimum atomic E-state index is -0.767. The van der Waals surface area contributed by atoms with Crippen molar-refractivity contribution in [3.8, 4) is 11.1 Å². The highest BCUT2D eigenvalue weighted by Gasteiger charge is 2.36. The zero-order chi connectivity index (χ0) is 22.1. The fourth-order valence-corrected chi connectivity index (χ4v) is 3.75. The zero-order valence-corrected chi connectivity index (χ0v) is 17.1. The normalized spacial score (nSPS) is 14.8. The summed E-state index contributed by atoms with van der Waals surface area (Å²) in [6, 6.07) is 13.1. The van der Waals surface area contributed by atoms with E-state index in [-0.39, 0.29) is 23.9 Å². The molecule has 0 bridgehead atoms. The molecule has 1 atom stereocenters. The number of hydrogen-bond acceptors (Lipinski definition) is 5. The molecule has 0 radical (unpaired) electrons. The minimum absolute atomic E-state index is 0.0487. The number of nitro benzene ring substituents is 1. The van der Waals surface area contributed by atoms with E-state index in [9.17, 15) is 19.7 Å². The molecule has 0 saturated heterocycles. The lowest BCUT2D eigenvalue weighted by Crippen LogP contribution is -2.24. The summed E-state index contributed by atoms with van der Waals surface area (Å²) in [5.41, 5.74) is 3.65. The molecule has 2 heterocycles. The first-order valence-electron chi connectivity index (χ1n) is 9.91. The van der Waals surface area contributed by atoms with Crippen molar-refractivity contribution in [2.24, 2.45) is 0 Å². The summed E-state index contributed by atoms with van der Waals surface area (Å²) in [5, 5.41) is 21.1. The standard InChI is InChI=1S/C22H21N5O4/c1-3-16-20(14-7-5-4-6-8-14)21-24-22(29)18(26(21)25-16)12-19(28)23-17-10-9-15(27(30)31)11-13(17)2/h4-11,18H,3,12H2,1-2H3,(H,23,28)(H,24,29). The molecule has 2 aromatic carbocycles. The topological polar surface area (TPSA) is 119 Å². The van der Waals surface area contributed by atoms with E-state index < -0.39 is 11.0 Å². The van der Waals surface area contributed by atoms with E-state index in [4.69, 9.17) is 0 Å². The first kappa shape index (κ1) is 20.3. The molecule has 2 amide bonds. The minimum Gasteiger partial charge on any atom is -0.326 e. The van der Waals surface area contributed by atoms with Gasteiger partial charge < -0.3 is 10.6 Å². The predicted molar refractivity (Wildman–Crippen MR) is 116 cm³/mol. The second kappa shape index (κ2) is 8.02. The molecule has 1 aromatic heterocycles. The fraction of sp³-hybridized carbons (Fsp3) is 0.227. The van der Waals surface area contributed by atoms with Crippen LogP contribution in [0.3, 0.4) is 0 Å². The Morgan fingerprint density at radius 3 is 2.65 bits per heavy atom. The Morgan fingerprint density at radius 2 is 2.00 bits per heavy atom. The third kappa shape index (κ3) is 3.77. The Hall–Kier alpha value is -4.01. The van der Waals surface area contributed by atoms with Crippen LogP contribution in [0.15, 0.2) is 48.5 Å². The monoisotopic (exact) mass is 419 g/mol. The van der Waals surface area contributed by atoms with Gasteiger partial charge in [0.15, 0.2) is 0 Å². The van der Waals surface area contributed by atoms with Crippen molar-refractivity contribution in [2.75, 3.05) is 10.6 Å². The first-order chi connectivity index (χ1) is 14.9. The van der Waals surface area contributed by atoms with Crippen LogP contribution in [-0.2, 0) is 16.0 Å². The van der Waals surface area contributed by atoms with E-state index >= 15 is 0 Å². The van der Waals surface area contributed by atoms with Crippen LogP contribution in [-0.4, -0.2) is 26.5 Å². The Labute approximate surface area is 178 Å². The first-order valence-corrected chi connectivity index (χ1v) is 9.91. The molecule has 1 aliphatic rings. The van der Waals surface area contributed by atoms with Crippen molar-refractivity contribution in [2.45, 2.75) is 32.7 Å². The number of benzene rings is 2. The van der Waals surface area contributed by atoms with Crippen molar-refractivity contribution in [3.05, 3.63) is 69.9 Å². The lowest BCUT2D eigenvalue weighted by Gasteiger charge is -2.11. The van der Waals surface area contributed by atoms with Gasteiger partial charge in [0.2, 0.25) is 5.91 Å². The van der Waals surface area contributed by atoms with Crippen LogP contribution < -0.4 is 10.6 Å². The third-order valence-electron chi connectivity index (χ3n) is 5.29. The number of nitrogens with zero attached hydrogens (tertiary/aromatic N) is 3. The molecule has 0 spiro atoms. The van der Waals surface area contributed by atoms with Crippen LogP contribution >= 0.6 is 0 Å². The van der Waals surface area contributed by atoms with Crippen LogP contribution in [0.5, 0.6) is 0 Å². The number of anilines is 2. The van der Waals surface area contributed by atoms with Crippen LogP contribution in [0.1, 0.15) is 30.6 Å². The zero-order valence-electron chi connectivity index (χ0n) is 17.1. The van der Waals surface area contributed by atoms with Crippen molar-refractivity contribution in [1.29, 1.82) is 0 Å². The number of carbonyl (C=O) groups excluding carboxylic acids is 2. The number of nitrogens with one attached hydrogen (secondary N) is 2. The van der Waals surface area contributed by atoms with E-state index in [0.29, 0.717) is 23.5 Å². The number of aryl methyl sites for hydroxylation is 2. The van der Waals surface area contributed by atoms with Gasteiger partial charge in [-0.05, 0) is 30.5 Å². The number of rotatable bonds is 6. The second-order valence-corrected chi connectivity index (χ2v) is 7.35. The fourth-order valence-electron chi connectivity index (χ4n) is 3.75. The molecule has 1 unspecified atom stereocenters. The van der Waals surface area contributed by atoms with E-state index in [1.807, 2.05) is 37.3 Å². The van der Waals surface area contributed by atoms with E-state index in [1.54, 1.807) is 11.6 Å². The summed E-state index contributed by atoms with van der Waals surface area (Å²) in [5.74, 6) is -0.0740. The molecule has 1 aliphatic heterocycles. The molecule has 3 aromatic rings. The summed E-state index contributed by atoms with van der Waals surface area (Å²) in [7, 11) is 0. The molecule has 0 saturated carbocycles. The van der Waals surface area contributed by atoms with Gasteiger partial charge in [-0.3, -0.25) is 19.7 Å². The maximum absolute atomic E-state index is 12.7. The van der Waals surface area contributed by atoms with Crippen LogP contribution in [0, 0.1) is 17.0 Å². The Bertz CT molecular complexity index is 1190. The molecule has 9 heteroatoms. The largest absolute Gasteiger partial charge is 0.326 e. The van der Waals surface area contributed by atoms with Crippen molar-refractivity contribution in [3.63, 3.8) is 0 Å². The average Bonchev–Trinajstić information content (AvgIpc) is 3.25. The number of hydrogen-bond donors (Lipinski definition) is 2. The highest BCUT2D eigenvalue weighted by molar-refractivity contribution is 6.04. The van der Waals surface area contributed by atoms with Crippen LogP contribution in [0.2, 0.25) is 0 Å². The highest BCUT2D eigenvalue weighted by Crippen LogP contribution is 2.38. The van der Waals surface area contributed by atoms with Crippen LogP contribution in [0.25, 0.3) is 11.1 Å². The molecule has 158 valence electrons. The number of aromatic nitrogens is 2. The van der Waals surface area contributed by atoms with Crippen LogP contribution in [0.4, 0.5) is 17.2 Å². The lowest BCUT2D eigenvalue weighted by atomic mass is 10.0. The number of amides is 2. The molecule has 2 N–H and O–H groups in total. The molecule has 0 aliphatic carbocycles. The maximum Gasteiger partial charge on any atom is 0.269 e. The lowest BCUT2D eigenvalue weighted by molar-refractivity contribution is -0.384. The quantitative estimate of drug-likeness (QED) is 0.465. The van der Waals surface area contributed by atoms with Crippen molar-refractivity contribution < 1.29 is 14.5 Å². The SMILES string of the molecule is CCc1nn2c(c1-c1ccccc1)NC(=O)C2CC(=O)Nc1ccc([N+](=O)[O-])cc1C. The number of non-ortho nitro benzene ring substituents is 1. The number of nitro groups is 1. The Balaban J connectivity index is 1.57. The Morgan fingerprint density at radius 1 is 1.26 bits per heavy atom. The summed E-state index contributed by atoms with van der Waals surface area (Å²) in [6.07, 6.45) is 0.579. The van der Waals surface area contributed by atoms with Gasteiger partial charge in [-0.2, -0.15) is 5.10 Å². The highest BCUT2D eigenvalue weighted by atomic mass is 16.6. The van der Waals surface area contributed by atoms with E-state index in [2.05, 4.69) is 15.7 Å². The molecular formula is C22H21N5O4. The molecule has 0 fully saturated rings. The molecule has 9 nitrogen and oxygen atoms in total. The van der Waals surface area contributed by atoms with Gasteiger partial charge in [-0.1, -0.05) is 37.3 Å². The van der Waals surface area contributed by atoms with E-state index in [1.165, 1.54) is 18.2 Å². The van der Waals surface area contributed by atoms with Gasteiger partial charge >= 0.3 is 0 Å². The predicted octanol–water partition coefficient (Wildman–Crippen LogP) is 3.85. The summed E-state index contributed by atoms with van der Waals surface area (Å²) >= 11 is 0. The molecular weight excluding hydrogens is 398 g/mol. The summed E-state index contributed by atoms with van der Waals surface area (Å²) in [6.45, 7) is 3.67. The van der Waals surface area contributed by atoms with Gasteiger partial charge in [0.05, 0.1) is 17.0 Å². The Kier molecular flexibility index (Phi) is 5.24. The number of fused-ring (bicyclic) bond motifs is 1. The van der Waals surface area contributed by atoms with Gasteiger partial charge in [-0.15, -0.1) is 0 Å². The van der Waals surface area contributed by atoms with Gasteiger partial charge in [0.1, 0.15) is 11.9 Å². The molecule has 31 heavy (non-hydrogen) atoms. The number of carbonyl (C=O) groups is 2. The summed E-state index contributed by atoms with van der Waals surface area (Å²) < 4.78 is 1.59. The summed E-state index contributed by atoms with van der Waals surface area (Å²) in [4.78, 5) is 35.7. The van der Waals surface area contributed by atoms with Crippen molar-refractivity contribution >= 4 is 29.0 Å². The maximum atomic E-state index is 12.7. The van der Waals surface area contributed by atoms with Gasteiger partial charge in [-0.25, -0.2) is 4.68 Å². The second-order valence-electron chi connectivity index (χ2n) is 7.35. The van der Waals surface area contributed by atoms with Gasteiger partial charge in [0.25, 0.3) is 11.6 Å².